The van der Waals surface area contributed by atoms with Gasteiger partial charge in [0.25, 0.3) is 5.56 Å². The van der Waals surface area contributed by atoms with E-state index in [0.29, 0.717) is 10.7 Å². The normalized spacial score (nSPS) is 11.0. The Morgan fingerprint density at radius 1 is 1.32 bits per heavy atom. The summed E-state index contributed by atoms with van der Waals surface area (Å²) in [5.74, 6) is -0.457. The zero-order valence-corrected chi connectivity index (χ0v) is 14.7. The standard InChI is InChI=1S/C16H14Cl2N4O3/c1-9-11(8-19)15(24)22(5-2-6-23)16(25)14(9)21-20-13-4-3-10(17)7-12(13)18/h3-4,7,23-24H,2,5-6H2,1H3. The van der Waals surface area contributed by atoms with E-state index in [-0.39, 0.29) is 41.4 Å². The van der Waals surface area contributed by atoms with Gasteiger partial charge in [-0.3, -0.25) is 9.36 Å². The van der Waals surface area contributed by atoms with E-state index in [0.717, 1.165) is 4.57 Å². The lowest BCUT2D eigenvalue weighted by Crippen LogP contribution is -2.22. The zero-order chi connectivity index (χ0) is 18.6. The molecule has 1 aromatic heterocycles. The van der Waals surface area contributed by atoms with Crippen LogP contribution in [0.25, 0.3) is 0 Å². The van der Waals surface area contributed by atoms with Crippen LogP contribution < -0.4 is 5.56 Å². The largest absolute Gasteiger partial charge is 0.493 e. The number of aromatic hydroxyl groups is 1. The maximum atomic E-state index is 12.5. The van der Waals surface area contributed by atoms with Gasteiger partial charge in [0.15, 0.2) is 5.69 Å². The Morgan fingerprint density at radius 2 is 2.04 bits per heavy atom. The van der Waals surface area contributed by atoms with E-state index in [4.69, 9.17) is 28.3 Å². The van der Waals surface area contributed by atoms with Crippen LogP contribution in [0.4, 0.5) is 11.4 Å². The third-order valence-corrected chi connectivity index (χ3v) is 4.01. The van der Waals surface area contributed by atoms with E-state index in [1.54, 1.807) is 12.1 Å². The maximum absolute atomic E-state index is 12.5. The van der Waals surface area contributed by atoms with Crippen LogP contribution in [0.2, 0.25) is 10.0 Å². The van der Waals surface area contributed by atoms with Gasteiger partial charge in [0.2, 0.25) is 5.88 Å². The molecule has 0 amide bonds. The molecular weight excluding hydrogens is 367 g/mol. The Kier molecular flexibility index (Phi) is 6.15. The number of rotatable bonds is 5. The number of aromatic nitrogens is 1. The number of nitrogens with zero attached hydrogens (tertiary/aromatic N) is 4. The van der Waals surface area contributed by atoms with Crippen molar-refractivity contribution in [2.24, 2.45) is 10.2 Å². The zero-order valence-electron chi connectivity index (χ0n) is 13.2. The molecule has 2 rings (SSSR count). The lowest BCUT2D eigenvalue weighted by Gasteiger charge is -2.12. The molecule has 1 heterocycles. The van der Waals surface area contributed by atoms with Gasteiger partial charge < -0.3 is 10.2 Å². The molecule has 0 aliphatic carbocycles. The van der Waals surface area contributed by atoms with Crippen LogP contribution in [-0.4, -0.2) is 21.4 Å². The van der Waals surface area contributed by atoms with Crippen molar-refractivity contribution < 1.29 is 10.2 Å². The minimum absolute atomic E-state index is 0.0420. The summed E-state index contributed by atoms with van der Waals surface area (Å²) < 4.78 is 0.986. The quantitative estimate of drug-likeness (QED) is 0.767. The van der Waals surface area contributed by atoms with Gasteiger partial charge >= 0.3 is 0 Å². The molecule has 0 radical (unpaired) electrons. The SMILES string of the molecule is Cc1c(C#N)c(O)n(CCCO)c(=O)c1N=Nc1ccc(Cl)cc1Cl. The fraction of sp³-hybridized carbons (Fsp3) is 0.250. The highest BCUT2D eigenvalue weighted by atomic mass is 35.5. The van der Waals surface area contributed by atoms with Gasteiger partial charge in [0, 0.05) is 23.7 Å². The average molecular weight is 381 g/mol. The van der Waals surface area contributed by atoms with Crippen molar-refractivity contribution in [3.05, 3.63) is 49.7 Å². The van der Waals surface area contributed by atoms with Crippen molar-refractivity contribution in [3.63, 3.8) is 0 Å². The van der Waals surface area contributed by atoms with Crippen LogP contribution in [0.5, 0.6) is 5.88 Å². The molecule has 0 saturated heterocycles. The molecule has 2 aromatic rings. The van der Waals surface area contributed by atoms with Gasteiger partial charge in [-0.05, 0) is 31.5 Å². The van der Waals surface area contributed by atoms with E-state index in [1.165, 1.54) is 13.0 Å². The predicted octanol–water partition coefficient (Wildman–Crippen LogP) is 3.84. The molecule has 9 heteroatoms. The molecule has 1 aromatic carbocycles. The number of aliphatic hydroxyl groups is 1. The van der Waals surface area contributed by atoms with Gasteiger partial charge in [-0.25, -0.2) is 0 Å². The topological polar surface area (TPSA) is 111 Å². The molecule has 130 valence electrons. The lowest BCUT2D eigenvalue weighted by atomic mass is 10.1. The molecule has 0 fully saturated rings. The molecule has 0 unspecified atom stereocenters. The summed E-state index contributed by atoms with van der Waals surface area (Å²) in [5, 5.41) is 36.9. The first-order valence-electron chi connectivity index (χ1n) is 7.24. The number of aliphatic hydroxyl groups excluding tert-OH is 1. The number of halogens is 2. The van der Waals surface area contributed by atoms with E-state index in [2.05, 4.69) is 10.2 Å². The van der Waals surface area contributed by atoms with Crippen molar-refractivity contribution in [2.45, 2.75) is 19.9 Å². The summed E-state index contributed by atoms with van der Waals surface area (Å²) in [4.78, 5) is 12.5. The van der Waals surface area contributed by atoms with Crippen molar-refractivity contribution >= 4 is 34.6 Å². The van der Waals surface area contributed by atoms with Gasteiger partial charge in [-0.1, -0.05) is 23.2 Å². The lowest BCUT2D eigenvalue weighted by molar-refractivity contribution is 0.274. The minimum atomic E-state index is -0.615. The van der Waals surface area contributed by atoms with Crippen molar-refractivity contribution in [1.82, 2.24) is 4.57 Å². The van der Waals surface area contributed by atoms with Crippen LogP contribution in [0.1, 0.15) is 17.5 Å². The molecule has 0 bridgehead atoms. The second-order valence-electron chi connectivity index (χ2n) is 5.11. The number of hydrogen-bond acceptors (Lipinski definition) is 6. The number of pyridine rings is 1. The summed E-state index contributed by atoms with van der Waals surface area (Å²) in [5.41, 5.74) is -0.263. The molecule has 0 aliphatic heterocycles. The first-order valence-corrected chi connectivity index (χ1v) is 8.00. The molecule has 0 atom stereocenters. The summed E-state index contributed by atoms with van der Waals surface area (Å²) in [7, 11) is 0. The summed E-state index contributed by atoms with van der Waals surface area (Å²) in [6.07, 6.45) is 0.237. The second kappa shape index (κ2) is 8.12. The van der Waals surface area contributed by atoms with Gasteiger partial charge in [-0.15, -0.1) is 10.2 Å². The smallest absolute Gasteiger partial charge is 0.281 e. The molecular formula is C16H14Cl2N4O3. The Balaban J connectivity index is 2.58. The molecule has 7 nitrogen and oxygen atoms in total. The van der Waals surface area contributed by atoms with E-state index < -0.39 is 11.4 Å². The minimum Gasteiger partial charge on any atom is -0.493 e. The number of benzene rings is 1. The van der Waals surface area contributed by atoms with E-state index >= 15 is 0 Å². The van der Waals surface area contributed by atoms with Crippen molar-refractivity contribution in [3.8, 4) is 11.9 Å². The van der Waals surface area contributed by atoms with Gasteiger partial charge in [-0.2, -0.15) is 5.26 Å². The average Bonchev–Trinajstić information content (AvgIpc) is 2.56. The Hall–Kier alpha value is -2.40. The highest BCUT2D eigenvalue weighted by Crippen LogP contribution is 2.31. The van der Waals surface area contributed by atoms with E-state index in [9.17, 15) is 15.2 Å². The molecule has 25 heavy (non-hydrogen) atoms. The fourth-order valence-electron chi connectivity index (χ4n) is 2.16. The Bertz CT molecular complexity index is 932. The first kappa shape index (κ1) is 18.9. The summed E-state index contributed by atoms with van der Waals surface area (Å²) >= 11 is 11.8. The highest BCUT2D eigenvalue weighted by Gasteiger charge is 2.19. The third-order valence-electron chi connectivity index (χ3n) is 3.48. The van der Waals surface area contributed by atoms with Gasteiger partial charge in [0.05, 0.1) is 5.02 Å². The summed E-state index contributed by atoms with van der Waals surface area (Å²) in [6, 6.07) is 6.45. The van der Waals surface area contributed by atoms with Crippen LogP contribution >= 0.6 is 23.2 Å². The van der Waals surface area contributed by atoms with Crippen LogP contribution in [0, 0.1) is 18.3 Å². The molecule has 2 N–H and O–H groups in total. The number of azo groups is 1. The summed E-state index contributed by atoms with van der Waals surface area (Å²) in [6.45, 7) is 1.37. The third kappa shape index (κ3) is 3.99. The van der Waals surface area contributed by atoms with Crippen LogP contribution in [-0.2, 0) is 6.54 Å². The molecule has 0 saturated carbocycles. The highest BCUT2D eigenvalue weighted by molar-refractivity contribution is 6.36. The fourth-order valence-corrected chi connectivity index (χ4v) is 2.61. The van der Waals surface area contributed by atoms with Crippen molar-refractivity contribution in [2.75, 3.05) is 6.61 Å². The van der Waals surface area contributed by atoms with Gasteiger partial charge in [0.1, 0.15) is 17.3 Å². The predicted molar refractivity (Wildman–Crippen MR) is 94.2 cm³/mol. The molecule has 0 spiro atoms. The molecule has 0 aliphatic rings. The number of nitriles is 1. The monoisotopic (exact) mass is 380 g/mol. The first-order chi connectivity index (χ1) is 11.9. The Morgan fingerprint density at radius 3 is 2.64 bits per heavy atom. The van der Waals surface area contributed by atoms with Crippen LogP contribution in [0.3, 0.4) is 0 Å². The van der Waals surface area contributed by atoms with Crippen molar-refractivity contribution in [1.29, 1.82) is 5.26 Å². The number of hydrogen-bond donors (Lipinski definition) is 2. The second-order valence-corrected chi connectivity index (χ2v) is 5.96. The van der Waals surface area contributed by atoms with E-state index in [1.807, 2.05) is 6.07 Å². The Labute approximate surface area is 153 Å². The maximum Gasteiger partial charge on any atom is 0.281 e. The van der Waals surface area contributed by atoms with Crippen LogP contribution in [0.15, 0.2) is 33.2 Å².